The number of hydrogen-bond donors (Lipinski definition) is 1. The Bertz CT molecular complexity index is 693. The lowest BCUT2D eigenvalue weighted by atomic mass is 10.2. The number of pyridine rings is 1. The normalized spacial score (nSPS) is 10.8. The lowest BCUT2D eigenvalue weighted by molar-refractivity contribution is 0.887. The minimum atomic E-state index is 0.723. The zero-order chi connectivity index (χ0) is 13.2. The van der Waals surface area contributed by atoms with Gasteiger partial charge in [0.1, 0.15) is 5.52 Å². The first-order valence-electron chi connectivity index (χ1n) is 5.98. The minimum absolute atomic E-state index is 0.723. The summed E-state index contributed by atoms with van der Waals surface area (Å²) in [5, 5.41) is 0. The van der Waals surface area contributed by atoms with Crippen molar-refractivity contribution in [1.29, 1.82) is 0 Å². The Hall–Kier alpha value is -2.14. The van der Waals surface area contributed by atoms with E-state index in [2.05, 4.69) is 20.9 Å². The number of benzene rings is 1. The molecule has 2 N–H and O–H groups in total. The largest absolute Gasteiger partial charge is 0.395 e. The van der Waals surface area contributed by atoms with Gasteiger partial charge in [0, 0.05) is 13.2 Å². The monoisotopic (exact) mass is 270 g/mol. The van der Waals surface area contributed by atoms with Crippen LogP contribution in [0.5, 0.6) is 0 Å². The van der Waals surface area contributed by atoms with Gasteiger partial charge in [-0.05, 0) is 24.3 Å². The van der Waals surface area contributed by atoms with Crippen LogP contribution >= 0.6 is 11.3 Å². The van der Waals surface area contributed by atoms with Crippen molar-refractivity contribution in [3.63, 3.8) is 0 Å². The highest BCUT2D eigenvalue weighted by Gasteiger charge is 2.11. The molecule has 0 fully saturated rings. The molecule has 0 aliphatic carbocycles. The Labute approximate surface area is 115 Å². The van der Waals surface area contributed by atoms with Crippen LogP contribution in [0, 0.1) is 0 Å². The van der Waals surface area contributed by atoms with Gasteiger partial charge in [-0.2, -0.15) is 0 Å². The number of anilines is 2. The fourth-order valence-electron chi connectivity index (χ4n) is 2.09. The zero-order valence-electron chi connectivity index (χ0n) is 10.6. The predicted molar refractivity (Wildman–Crippen MR) is 80.4 cm³/mol. The maximum absolute atomic E-state index is 6.20. The number of rotatable bonds is 3. The lowest BCUT2D eigenvalue weighted by Gasteiger charge is -2.20. The van der Waals surface area contributed by atoms with Crippen molar-refractivity contribution < 1.29 is 0 Å². The Morgan fingerprint density at radius 3 is 2.89 bits per heavy atom. The summed E-state index contributed by atoms with van der Waals surface area (Å²) >= 11 is 1.60. The third-order valence-electron chi connectivity index (χ3n) is 3.06. The van der Waals surface area contributed by atoms with Gasteiger partial charge in [-0.1, -0.05) is 6.07 Å². The molecule has 0 amide bonds. The molecule has 0 saturated carbocycles. The standard InChI is InChI=1S/C14H14N4S/c1-18(8-10-4-2-3-7-16-10)11-5-6-12-14(13(11)15)17-9-19-12/h2-7,9H,8,15H2,1H3. The second kappa shape index (κ2) is 4.85. The van der Waals surface area contributed by atoms with Gasteiger partial charge in [-0.25, -0.2) is 4.98 Å². The quantitative estimate of drug-likeness (QED) is 0.743. The first kappa shape index (κ1) is 11.9. The highest BCUT2D eigenvalue weighted by atomic mass is 32.1. The Morgan fingerprint density at radius 2 is 2.11 bits per heavy atom. The van der Waals surface area contributed by atoms with E-state index >= 15 is 0 Å². The van der Waals surface area contributed by atoms with Gasteiger partial charge in [0.2, 0.25) is 0 Å². The molecule has 2 heterocycles. The summed E-state index contributed by atoms with van der Waals surface area (Å²) in [7, 11) is 2.01. The number of nitrogens with zero attached hydrogens (tertiary/aromatic N) is 3. The molecule has 0 spiro atoms. The molecule has 0 unspecified atom stereocenters. The average Bonchev–Trinajstić information content (AvgIpc) is 2.89. The van der Waals surface area contributed by atoms with E-state index in [9.17, 15) is 0 Å². The second-order valence-corrected chi connectivity index (χ2v) is 5.26. The van der Waals surface area contributed by atoms with Crippen LogP contribution in [0.3, 0.4) is 0 Å². The van der Waals surface area contributed by atoms with Crippen LogP contribution in [0.15, 0.2) is 42.0 Å². The third-order valence-corrected chi connectivity index (χ3v) is 3.85. The molecule has 2 aromatic heterocycles. The lowest BCUT2D eigenvalue weighted by Crippen LogP contribution is -2.18. The molecule has 0 bridgehead atoms. The maximum atomic E-state index is 6.20. The van der Waals surface area contributed by atoms with Gasteiger partial charge in [0.25, 0.3) is 0 Å². The Balaban J connectivity index is 1.93. The summed E-state index contributed by atoms with van der Waals surface area (Å²) in [6.45, 7) is 0.723. The van der Waals surface area contributed by atoms with Crippen LogP contribution < -0.4 is 10.6 Å². The zero-order valence-corrected chi connectivity index (χ0v) is 11.4. The molecule has 0 atom stereocenters. The van der Waals surface area contributed by atoms with Gasteiger partial charge in [0.15, 0.2) is 0 Å². The SMILES string of the molecule is CN(Cc1ccccn1)c1ccc2scnc2c1N. The number of fused-ring (bicyclic) bond motifs is 1. The molecule has 0 aliphatic heterocycles. The first-order valence-corrected chi connectivity index (χ1v) is 6.86. The minimum Gasteiger partial charge on any atom is -0.395 e. The summed E-state index contributed by atoms with van der Waals surface area (Å²) in [6.07, 6.45) is 1.80. The number of nitrogen functional groups attached to an aromatic ring is 1. The van der Waals surface area contributed by atoms with E-state index in [1.54, 1.807) is 17.5 Å². The van der Waals surface area contributed by atoms with Crippen molar-refractivity contribution in [1.82, 2.24) is 9.97 Å². The van der Waals surface area contributed by atoms with Crippen molar-refractivity contribution in [2.45, 2.75) is 6.54 Å². The molecule has 19 heavy (non-hydrogen) atoms. The molecule has 4 nitrogen and oxygen atoms in total. The molecule has 0 saturated heterocycles. The topological polar surface area (TPSA) is 55.0 Å². The summed E-state index contributed by atoms with van der Waals surface area (Å²) < 4.78 is 1.12. The van der Waals surface area contributed by atoms with Gasteiger partial charge in [-0.15, -0.1) is 11.3 Å². The smallest absolute Gasteiger partial charge is 0.106 e. The maximum Gasteiger partial charge on any atom is 0.106 e. The summed E-state index contributed by atoms with van der Waals surface area (Å²) in [4.78, 5) is 10.7. The predicted octanol–water partition coefficient (Wildman–Crippen LogP) is 2.91. The molecular weight excluding hydrogens is 256 g/mol. The number of nitrogens with two attached hydrogens (primary N) is 1. The van der Waals surface area contributed by atoms with Crippen molar-refractivity contribution in [3.8, 4) is 0 Å². The van der Waals surface area contributed by atoms with Gasteiger partial charge in [0.05, 0.1) is 33.8 Å². The van der Waals surface area contributed by atoms with Crippen molar-refractivity contribution in [3.05, 3.63) is 47.7 Å². The van der Waals surface area contributed by atoms with Crippen LogP contribution in [0.1, 0.15) is 5.69 Å². The number of thiazole rings is 1. The van der Waals surface area contributed by atoms with Crippen molar-refractivity contribution in [2.75, 3.05) is 17.7 Å². The fourth-order valence-corrected chi connectivity index (χ4v) is 2.79. The Morgan fingerprint density at radius 1 is 1.21 bits per heavy atom. The van der Waals surface area contributed by atoms with Gasteiger partial charge >= 0.3 is 0 Å². The fraction of sp³-hybridized carbons (Fsp3) is 0.143. The van der Waals surface area contributed by atoms with Crippen molar-refractivity contribution >= 4 is 32.9 Å². The Kier molecular flexibility index (Phi) is 3.05. The van der Waals surface area contributed by atoms with Crippen LogP contribution in [0.4, 0.5) is 11.4 Å². The third kappa shape index (κ3) is 2.24. The van der Waals surface area contributed by atoms with Crippen LogP contribution in [0.25, 0.3) is 10.2 Å². The molecule has 3 aromatic rings. The molecule has 0 radical (unpaired) electrons. The summed E-state index contributed by atoms with van der Waals surface area (Å²) in [5.41, 5.74) is 11.6. The molecule has 1 aromatic carbocycles. The van der Waals surface area contributed by atoms with E-state index in [0.29, 0.717) is 0 Å². The van der Waals surface area contributed by atoms with E-state index in [0.717, 1.165) is 33.8 Å². The summed E-state index contributed by atoms with van der Waals surface area (Å²) in [6, 6.07) is 10.0. The molecular formula is C14H14N4S. The molecule has 5 heteroatoms. The average molecular weight is 270 g/mol. The number of hydrogen-bond acceptors (Lipinski definition) is 5. The highest BCUT2D eigenvalue weighted by molar-refractivity contribution is 7.16. The molecule has 96 valence electrons. The number of aromatic nitrogens is 2. The highest BCUT2D eigenvalue weighted by Crippen LogP contribution is 2.32. The van der Waals surface area contributed by atoms with E-state index in [-0.39, 0.29) is 0 Å². The second-order valence-electron chi connectivity index (χ2n) is 4.37. The van der Waals surface area contributed by atoms with Gasteiger partial charge in [-0.3, -0.25) is 4.98 Å². The van der Waals surface area contributed by atoms with Crippen LogP contribution in [0.2, 0.25) is 0 Å². The van der Waals surface area contributed by atoms with Crippen LogP contribution in [-0.2, 0) is 6.54 Å². The molecule has 3 rings (SSSR count). The van der Waals surface area contributed by atoms with E-state index in [4.69, 9.17) is 5.73 Å². The van der Waals surface area contributed by atoms with E-state index in [1.807, 2.05) is 36.8 Å². The van der Waals surface area contributed by atoms with Crippen molar-refractivity contribution in [2.24, 2.45) is 0 Å². The van der Waals surface area contributed by atoms with Gasteiger partial charge < -0.3 is 10.6 Å². The summed E-state index contributed by atoms with van der Waals surface area (Å²) in [5.74, 6) is 0. The molecule has 0 aliphatic rings. The first-order chi connectivity index (χ1) is 9.25. The van der Waals surface area contributed by atoms with E-state index < -0.39 is 0 Å². The van der Waals surface area contributed by atoms with E-state index in [1.165, 1.54) is 0 Å². The van der Waals surface area contributed by atoms with Crippen LogP contribution in [-0.4, -0.2) is 17.0 Å².